The van der Waals surface area contributed by atoms with Crippen LogP contribution >= 0.6 is 15.9 Å². The zero-order chi connectivity index (χ0) is 18.6. The highest BCUT2D eigenvalue weighted by Gasteiger charge is 2.25. The van der Waals surface area contributed by atoms with Crippen LogP contribution in [0, 0.1) is 0 Å². The molecule has 26 heavy (non-hydrogen) atoms. The SMILES string of the molecule is O=C(Nc1cccc(Br)c1)c1ccc(S(=O)(=O)N2CCCCCC2)cc1. The summed E-state index contributed by atoms with van der Waals surface area (Å²) in [6, 6.07) is 13.4. The van der Waals surface area contributed by atoms with E-state index in [1.54, 1.807) is 28.6 Å². The Balaban J connectivity index is 1.74. The van der Waals surface area contributed by atoms with Gasteiger partial charge in [0, 0.05) is 28.8 Å². The number of benzene rings is 2. The first-order valence-corrected chi connectivity index (χ1v) is 10.9. The van der Waals surface area contributed by atoms with Gasteiger partial charge in [-0.05, 0) is 55.3 Å². The van der Waals surface area contributed by atoms with E-state index in [-0.39, 0.29) is 10.8 Å². The number of nitrogens with one attached hydrogen (secondary N) is 1. The lowest BCUT2D eigenvalue weighted by Crippen LogP contribution is -2.31. The molecule has 0 saturated carbocycles. The van der Waals surface area contributed by atoms with Crippen molar-refractivity contribution in [2.45, 2.75) is 30.6 Å². The van der Waals surface area contributed by atoms with Gasteiger partial charge in [-0.2, -0.15) is 4.31 Å². The lowest BCUT2D eigenvalue weighted by atomic mass is 10.2. The van der Waals surface area contributed by atoms with Gasteiger partial charge in [0.15, 0.2) is 0 Å². The minimum Gasteiger partial charge on any atom is -0.322 e. The molecule has 1 amide bonds. The van der Waals surface area contributed by atoms with E-state index in [9.17, 15) is 13.2 Å². The summed E-state index contributed by atoms with van der Waals surface area (Å²) in [5, 5.41) is 2.80. The number of hydrogen-bond donors (Lipinski definition) is 1. The van der Waals surface area contributed by atoms with Crippen molar-refractivity contribution in [1.29, 1.82) is 0 Å². The number of rotatable bonds is 4. The van der Waals surface area contributed by atoms with Gasteiger partial charge in [0.25, 0.3) is 5.91 Å². The van der Waals surface area contributed by atoms with Gasteiger partial charge in [0.05, 0.1) is 4.90 Å². The van der Waals surface area contributed by atoms with E-state index in [0.29, 0.717) is 24.3 Å². The Bertz CT molecular complexity index is 874. The third kappa shape index (κ3) is 4.52. The van der Waals surface area contributed by atoms with E-state index < -0.39 is 10.0 Å². The van der Waals surface area contributed by atoms with Crippen LogP contribution in [-0.2, 0) is 10.0 Å². The molecule has 2 aromatic carbocycles. The highest BCUT2D eigenvalue weighted by molar-refractivity contribution is 9.10. The molecule has 0 radical (unpaired) electrons. The first-order chi connectivity index (χ1) is 12.5. The molecule has 5 nitrogen and oxygen atoms in total. The predicted octanol–water partition coefficient (Wildman–Crippen LogP) is 4.27. The van der Waals surface area contributed by atoms with Gasteiger partial charge in [0.1, 0.15) is 0 Å². The minimum atomic E-state index is -3.50. The molecule has 2 aromatic rings. The standard InChI is InChI=1S/C19H21BrN2O3S/c20-16-6-5-7-17(14-16)21-19(23)15-8-10-18(11-9-15)26(24,25)22-12-3-1-2-4-13-22/h5-11,14H,1-4,12-13H2,(H,21,23). The molecule has 0 aliphatic carbocycles. The Kier molecular flexibility index (Phi) is 6.11. The van der Waals surface area contributed by atoms with Crippen molar-refractivity contribution in [1.82, 2.24) is 4.31 Å². The Hall–Kier alpha value is -1.70. The zero-order valence-electron chi connectivity index (χ0n) is 14.3. The number of carbonyl (C=O) groups excluding carboxylic acids is 1. The summed E-state index contributed by atoms with van der Waals surface area (Å²) in [7, 11) is -3.50. The Morgan fingerprint density at radius 3 is 2.23 bits per heavy atom. The molecule has 0 atom stereocenters. The summed E-state index contributed by atoms with van der Waals surface area (Å²) in [4.78, 5) is 12.6. The Morgan fingerprint density at radius 2 is 1.62 bits per heavy atom. The summed E-state index contributed by atoms with van der Waals surface area (Å²) >= 11 is 3.36. The lowest BCUT2D eigenvalue weighted by Gasteiger charge is -2.20. The number of nitrogens with zero attached hydrogens (tertiary/aromatic N) is 1. The molecule has 0 unspecified atom stereocenters. The highest BCUT2D eigenvalue weighted by Crippen LogP contribution is 2.21. The molecule has 3 rings (SSSR count). The van der Waals surface area contributed by atoms with E-state index >= 15 is 0 Å². The van der Waals surface area contributed by atoms with Crippen LogP contribution in [0.1, 0.15) is 36.0 Å². The Labute approximate surface area is 162 Å². The average Bonchev–Trinajstić information content (AvgIpc) is 2.92. The second-order valence-electron chi connectivity index (χ2n) is 6.31. The number of halogens is 1. The van der Waals surface area contributed by atoms with Crippen molar-refractivity contribution in [3.63, 3.8) is 0 Å². The maximum absolute atomic E-state index is 12.8. The molecule has 1 heterocycles. The third-order valence-corrected chi connectivity index (χ3v) is 6.81. The first kappa shape index (κ1) is 19.1. The van der Waals surface area contributed by atoms with E-state index in [1.165, 1.54) is 12.1 Å². The van der Waals surface area contributed by atoms with Crippen LogP contribution in [0.15, 0.2) is 57.9 Å². The fourth-order valence-electron chi connectivity index (χ4n) is 2.98. The molecule has 0 bridgehead atoms. The van der Waals surface area contributed by atoms with Gasteiger partial charge in [-0.3, -0.25) is 4.79 Å². The molecule has 0 aromatic heterocycles. The van der Waals surface area contributed by atoms with Gasteiger partial charge in [-0.15, -0.1) is 0 Å². The largest absolute Gasteiger partial charge is 0.322 e. The highest BCUT2D eigenvalue weighted by atomic mass is 79.9. The maximum Gasteiger partial charge on any atom is 0.255 e. The number of amides is 1. The summed E-state index contributed by atoms with van der Waals surface area (Å²) < 4.78 is 28.0. The Morgan fingerprint density at radius 1 is 0.962 bits per heavy atom. The fraction of sp³-hybridized carbons (Fsp3) is 0.316. The summed E-state index contributed by atoms with van der Waals surface area (Å²) in [5.74, 6) is -0.276. The first-order valence-electron chi connectivity index (χ1n) is 8.64. The number of anilines is 1. The lowest BCUT2D eigenvalue weighted by molar-refractivity contribution is 0.102. The van der Waals surface area contributed by atoms with Gasteiger partial charge in [0.2, 0.25) is 10.0 Å². The summed E-state index contributed by atoms with van der Waals surface area (Å²) in [5.41, 5.74) is 1.09. The molecule has 1 saturated heterocycles. The molecular formula is C19H21BrN2O3S. The number of carbonyl (C=O) groups is 1. The minimum absolute atomic E-state index is 0.235. The van der Waals surface area contributed by atoms with Crippen molar-refractivity contribution in [3.05, 3.63) is 58.6 Å². The second-order valence-corrected chi connectivity index (χ2v) is 9.16. The van der Waals surface area contributed by atoms with Crippen molar-refractivity contribution in [2.24, 2.45) is 0 Å². The molecular weight excluding hydrogens is 416 g/mol. The molecule has 1 N–H and O–H groups in total. The molecule has 0 spiro atoms. The van der Waals surface area contributed by atoms with Crippen molar-refractivity contribution < 1.29 is 13.2 Å². The molecule has 1 aliphatic rings. The van der Waals surface area contributed by atoms with Gasteiger partial charge >= 0.3 is 0 Å². The quantitative estimate of drug-likeness (QED) is 0.777. The molecule has 7 heteroatoms. The van der Waals surface area contributed by atoms with Crippen LogP contribution in [0.5, 0.6) is 0 Å². The predicted molar refractivity (Wildman–Crippen MR) is 106 cm³/mol. The summed E-state index contributed by atoms with van der Waals surface area (Å²) in [6.45, 7) is 1.13. The normalized spacial score (nSPS) is 16.0. The van der Waals surface area contributed by atoms with E-state index in [2.05, 4.69) is 21.2 Å². The maximum atomic E-state index is 12.8. The zero-order valence-corrected chi connectivity index (χ0v) is 16.7. The average molecular weight is 437 g/mol. The van der Waals surface area contributed by atoms with Crippen LogP contribution in [0.4, 0.5) is 5.69 Å². The molecule has 138 valence electrons. The molecule has 1 aliphatic heterocycles. The fourth-order valence-corrected chi connectivity index (χ4v) is 4.90. The van der Waals surface area contributed by atoms with Crippen molar-refractivity contribution in [3.8, 4) is 0 Å². The number of hydrogen-bond acceptors (Lipinski definition) is 3. The summed E-state index contributed by atoms with van der Waals surface area (Å²) in [6.07, 6.45) is 3.93. The van der Waals surface area contributed by atoms with E-state index in [4.69, 9.17) is 0 Å². The van der Waals surface area contributed by atoms with Crippen LogP contribution < -0.4 is 5.32 Å². The monoisotopic (exact) mass is 436 g/mol. The van der Waals surface area contributed by atoms with Crippen LogP contribution in [0.2, 0.25) is 0 Å². The second kappa shape index (κ2) is 8.33. The van der Waals surface area contributed by atoms with Gasteiger partial charge in [-0.1, -0.05) is 34.8 Å². The van der Waals surface area contributed by atoms with Crippen LogP contribution in [0.25, 0.3) is 0 Å². The van der Waals surface area contributed by atoms with Crippen molar-refractivity contribution in [2.75, 3.05) is 18.4 Å². The van der Waals surface area contributed by atoms with E-state index in [1.807, 2.05) is 12.1 Å². The van der Waals surface area contributed by atoms with Gasteiger partial charge < -0.3 is 5.32 Å². The van der Waals surface area contributed by atoms with Crippen LogP contribution in [-0.4, -0.2) is 31.7 Å². The van der Waals surface area contributed by atoms with E-state index in [0.717, 1.165) is 30.2 Å². The van der Waals surface area contributed by atoms with Gasteiger partial charge in [-0.25, -0.2) is 8.42 Å². The molecule has 1 fully saturated rings. The smallest absolute Gasteiger partial charge is 0.255 e. The van der Waals surface area contributed by atoms with Crippen molar-refractivity contribution >= 4 is 37.5 Å². The third-order valence-electron chi connectivity index (χ3n) is 4.40. The topological polar surface area (TPSA) is 66.5 Å². The van der Waals surface area contributed by atoms with Crippen LogP contribution in [0.3, 0.4) is 0 Å². The number of sulfonamides is 1.